The molecule has 0 amide bonds. The molecule has 1 heterocycles. The van der Waals surface area contributed by atoms with Gasteiger partial charge in [0.15, 0.2) is 0 Å². The van der Waals surface area contributed by atoms with E-state index >= 15 is 0 Å². The molecule has 106 valence electrons. The summed E-state index contributed by atoms with van der Waals surface area (Å²) in [7, 11) is 4.66. The fraction of sp³-hybridized carbons (Fsp3) is 0.750. The summed E-state index contributed by atoms with van der Waals surface area (Å²) >= 11 is 0. The number of aromatic nitrogens is 3. The summed E-state index contributed by atoms with van der Waals surface area (Å²) in [4.78, 5) is 33.3. The number of hydrogen-bond acceptors (Lipinski definition) is 5. The Morgan fingerprint density at radius 2 is 1.89 bits per heavy atom. The summed E-state index contributed by atoms with van der Waals surface area (Å²) in [6.07, 6.45) is 5.02. The van der Waals surface area contributed by atoms with Crippen molar-refractivity contribution >= 4 is 5.95 Å². The zero-order valence-corrected chi connectivity index (χ0v) is 11.6. The molecule has 1 aromatic rings. The summed E-state index contributed by atoms with van der Waals surface area (Å²) in [5.41, 5.74) is -0.820. The second-order valence-corrected chi connectivity index (χ2v) is 4.88. The molecule has 0 atom stereocenters. The van der Waals surface area contributed by atoms with Crippen LogP contribution in [0.4, 0.5) is 5.95 Å². The Morgan fingerprint density at radius 3 is 2.47 bits per heavy atom. The molecule has 1 aliphatic rings. The highest BCUT2D eigenvalue weighted by atomic mass is 16.7. The van der Waals surface area contributed by atoms with Crippen LogP contribution >= 0.6 is 0 Å². The van der Waals surface area contributed by atoms with Gasteiger partial charge in [-0.1, -0.05) is 19.3 Å². The van der Waals surface area contributed by atoms with Gasteiger partial charge in [0.25, 0.3) is 0 Å². The minimum Gasteiger partial charge on any atom is -0.274 e. The third-order valence-electron chi connectivity index (χ3n) is 3.69. The predicted molar refractivity (Wildman–Crippen MR) is 71.3 cm³/mol. The second-order valence-electron chi connectivity index (χ2n) is 4.88. The highest BCUT2D eigenvalue weighted by Gasteiger charge is 2.22. The molecule has 0 aliphatic heterocycles. The molecule has 0 spiro atoms. The molecule has 0 unspecified atom stereocenters. The summed E-state index contributed by atoms with van der Waals surface area (Å²) < 4.78 is 2.63. The second kappa shape index (κ2) is 5.56. The lowest BCUT2D eigenvalue weighted by molar-refractivity contribution is 0.175. The Bertz CT molecular complexity index is 557. The third-order valence-corrected chi connectivity index (χ3v) is 3.69. The molecule has 0 saturated heterocycles. The van der Waals surface area contributed by atoms with Gasteiger partial charge in [0.2, 0.25) is 5.95 Å². The Kier molecular flexibility index (Phi) is 4.04. The van der Waals surface area contributed by atoms with Crippen molar-refractivity contribution in [3.8, 4) is 0 Å². The monoisotopic (exact) mass is 268 g/mol. The lowest BCUT2D eigenvalue weighted by atomic mass is 9.95. The smallest absolute Gasteiger partial charge is 0.274 e. The summed E-state index contributed by atoms with van der Waals surface area (Å²) in [5.74, 6) is 0.213. The standard InChI is InChI=1S/C12H20N4O3/c1-14-10(15(2)19-3)13-11(17)16(12(14)18)9-7-5-4-6-8-9/h9H,4-8H2,1-3H3. The van der Waals surface area contributed by atoms with Crippen molar-refractivity contribution in [2.45, 2.75) is 38.1 Å². The zero-order valence-electron chi connectivity index (χ0n) is 11.6. The zero-order chi connectivity index (χ0) is 14.0. The fourth-order valence-electron chi connectivity index (χ4n) is 2.56. The van der Waals surface area contributed by atoms with Crippen molar-refractivity contribution in [3.05, 3.63) is 21.0 Å². The molecule has 0 aromatic carbocycles. The van der Waals surface area contributed by atoms with E-state index in [0.717, 1.165) is 25.7 Å². The molecule has 1 aromatic heterocycles. The van der Waals surface area contributed by atoms with Crippen LogP contribution in [-0.2, 0) is 11.9 Å². The molecule has 7 heteroatoms. The number of hydroxylamine groups is 1. The largest absolute Gasteiger partial charge is 0.355 e. The van der Waals surface area contributed by atoms with Gasteiger partial charge in [-0.25, -0.2) is 19.2 Å². The van der Waals surface area contributed by atoms with Gasteiger partial charge >= 0.3 is 11.4 Å². The van der Waals surface area contributed by atoms with Crippen LogP contribution in [0.5, 0.6) is 0 Å². The average Bonchev–Trinajstić information content (AvgIpc) is 2.43. The van der Waals surface area contributed by atoms with Gasteiger partial charge in [-0.3, -0.25) is 9.40 Å². The van der Waals surface area contributed by atoms with Gasteiger partial charge in [0.05, 0.1) is 7.11 Å². The first-order valence-corrected chi connectivity index (χ1v) is 6.53. The molecule has 0 N–H and O–H groups in total. The van der Waals surface area contributed by atoms with Crippen molar-refractivity contribution in [3.63, 3.8) is 0 Å². The first kappa shape index (κ1) is 13.8. The molecule has 1 saturated carbocycles. The number of nitrogens with zero attached hydrogens (tertiary/aromatic N) is 4. The van der Waals surface area contributed by atoms with Crippen LogP contribution in [0.2, 0.25) is 0 Å². The molecule has 0 radical (unpaired) electrons. The molecule has 7 nitrogen and oxygen atoms in total. The SMILES string of the molecule is CON(C)c1nc(=O)n(C2CCCCC2)c(=O)n1C. The molecule has 0 bridgehead atoms. The molecular weight excluding hydrogens is 248 g/mol. The van der Waals surface area contributed by atoms with Crippen molar-refractivity contribution in [1.29, 1.82) is 0 Å². The van der Waals surface area contributed by atoms with Gasteiger partial charge in [-0.2, -0.15) is 4.98 Å². The minimum absolute atomic E-state index is 0.0191. The van der Waals surface area contributed by atoms with Gasteiger partial charge in [0, 0.05) is 20.1 Å². The summed E-state index contributed by atoms with van der Waals surface area (Å²) in [5, 5.41) is 1.30. The Morgan fingerprint density at radius 1 is 1.26 bits per heavy atom. The molecule has 2 rings (SSSR count). The van der Waals surface area contributed by atoms with Gasteiger partial charge in [-0.05, 0) is 12.8 Å². The highest BCUT2D eigenvalue weighted by Crippen LogP contribution is 2.25. The fourth-order valence-corrected chi connectivity index (χ4v) is 2.56. The van der Waals surface area contributed by atoms with E-state index in [9.17, 15) is 9.59 Å². The third kappa shape index (κ3) is 2.56. The molecule has 1 aliphatic carbocycles. The van der Waals surface area contributed by atoms with E-state index in [1.165, 1.54) is 27.7 Å². The summed E-state index contributed by atoms with van der Waals surface area (Å²) in [6.45, 7) is 0. The lowest BCUT2D eigenvalue weighted by Gasteiger charge is -2.24. The summed E-state index contributed by atoms with van der Waals surface area (Å²) in [6, 6.07) is -0.0191. The highest BCUT2D eigenvalue weighted by molar-refractivity contribution is 5.23. The minimum atomic E-state index is -0.492. The Balaban J connectivity index is 2.49. The normalized spacial score (nSPS) is 16.6. The number of hydrogen-bond donors (Lipinski definition) is 0. The van der Waals surface area contributed by atoms with E-state index in [1.54, 1.807) is 14.1 Å². The van der Waals surface area contributed by atoms with Crippen LogP contribution in [-0.4, -0.2) is 28.3 Å². The van der Waals surface area contributed by atoms with Gasteiger partial charge in [0.1, 0.15) is 0 Å². The van der Waals surface area contributed by atoms with Crippen LogP contribution < -0.4 is 16.4 Å². The van der Waals surface area contributed by atoms with Crippen molar-refractivity contribution in [2.75, 3.05) is 19.2 Å². The van der Waals surface area contributed by atoms with E-state index in [2.05, 4.69) is 4.98 Å². The quantitative estimate of drug-likeness (QED) is 0.744. The van der Waals surface area contributed by atoms with Crippen LogP contribution in [0.1, 0.15) is 38.1 Å². The maximum Gasteiger partial charge on any atom is 0.355 e. The first-order chi connectivity index (χ1) is 9.06. The molecular formula is C12H20N4O3. The topological polar surface area (TPSA) is 69.4 Å². The van der Waals surface area contributed by atoms with Crippen LogP contribution in [0.15, 0.2) is 9.59 Å². The Hall–Kier alpha value is -1.63. The van der Waals surface area contributed by atoms with Gasteiger partial charge in [-0.15, -0.1) is 0 Å². The van der Waals surface area contributed by atoms with Crippen LogP contribution in [0.3, 0.4) is 0 Å². The van der Waals surface area contributed by atoms with Crippen molar-refractivity contribution < 1.29 is 4.84 Å². The van der Waals surface area contributed by atoms with E-state index in [0.29, 0.717) is 0 Å². The van der Waals surface area contributed by atoms with Crippen LogP contribution in [0, 0.1) is 0 Å². The van der Waals surface area contributed by atoms with E-state index in [-0.39, 0.29) is 17.7 Å². The average molecular weight is 268 g/mol. The van der Waals surface area contributed by atoms with E-state index in [4.69, 9.17) is 4.84 Å². The maximum atomic E-state index is 12.3. The lowest BCUT2D eigenvalue weighted by Crippen LogP contribution is -2.45. The van der Waals surface area contributed by atoms with Gasteiger partial charge < -0.3 is 0 Å². The van der Waals surface area contributed by atoms with E-state index < -0.39 is 5.69 Å². The molecule has 1 fully saturated rings. The number of anilines is 1. The maximum absolute atomic E-state index is 12.3. The number of rotatable bonds is 3. The van der Waals surface area contributed by atoms with E-state index in [1.807, 2.05) is 0 Å². The Labute approximate surface area is 111 Å². The first-order valence-electron chi connectivity index (χ1n) is 6.53. The van der Waals surface area contributed by atoms with Crippen molar-refractivity contribution in [1.82, 2.24) is 14.1 Å². The molecule has 19 heavy (non-hydrogen) atoms. The van der Waals surface area contributed by atoms with Crippen LogP contribution in [0.25, 0.3) is 0 Å². The predicted octanol–water partition coefficient (Wildman–Crippen LogP) is 0.445. The van der Waals surface area contributed by atoms with Crippen molar-refractivity contribution in [2.24, 2.45) is 7.05 Å².